The Balaban J connectivity index is 2.94. The fourth-order valence-corrected chi connectivity index (χ4v) is 1.94. The number of aliphatic hydroxyl groups is 1. The monoisotopic (exact) mass is 245 g/mol. The number of hydrogen-bond acceptors (Lipinski definition) is 2. The van der Waals surface area contributed by atoms with Gasteiger partial charge in [-0.15, -0.1) is 0 Å². The third-order valence-electron chi connectivity index (χ3n) is 2.52. The lowest BCUT2D eigenvalue weighted by Gasteiger charge is -2.22. The highest BCUT2D eigenvalue weighted by molar-refractivity contribution is 6.31. The predicted octanol–water partition coefficient (Wildman–Crippen LogP) is 2.90. The SMILES string of the molecule is CCC(N[C@@H](C)CO)c1c(F)cccc1Cl. The van der Waals surface area contributed by atoms with E-state index in [1.807, 2.05) is 13.8 Å². The van der Waals surface area contributed by atoms with Crippen molar-refractivity contribution in [1.82, 2.24) is 5.32 Å². The van der Waals surface area contributed by atoms with Crippen LogP contribution in [0.15, 0.2) is 18.2 Å². The largest absolute Gasteiger partial charge is 0.395 e. The van der Waals surface area contributed by atoms with Crippen LogP contribution < -0.4 is 5.32 Å². The van der Waals surface area contributed by atoms with Gasteiger partial charge in [0.1, 0.15) is 5.82 Å². The van der Waals surface area contributed by atoms with Gasteiger partial charge in [-0.2, -0.15) is 0 Å². The van der Waals surface area contributed by atoms with Gasteiger partial charge in [0.15, 0.2) is 0 Å². The van der Waals surface area contributed by atoms with Crippen LogP contribution in [-0.2, 0) is 0 Å². The molecule has 4 heteroatoms. The summed E-state index contributed by atoms with van der Waals surface area (Å²) in [5, 5.41) is 12.5. The van der Waals surface area contributed by atoms with Crippen LogP contribution in [-0.4, -0.2) is 17.8 Å². The van der Waals surface area contributed by atoms with Crippen molar-refractivity contribution in [3.63, 3.8) is 0 Å². The molecule has 0 bridgehead atoms. The summed E-state index contributed by atoms with van der Waals surface area (Å²) in [6.45, 7) is 3.81. The fraction of sp³-hybridized carbons (Fsp3) is 0.500. The van der Waals surface area contributed by atoms with Crippen molar-refractivity contribution in [3.8, 4) is 0 Å². The van der Waals surface area contributed by atoms with Crippen LogP contribution in [0.2, 0.25) is 5.02 Å². The van der Waals surface area contributed by atoms with E-state index in [4.69, 9.17) is 16.7 Å². The molecule has 0 amide bonds. The summed E-state index contributed by atoms with van der Waals surface area (Å²) >= 11 is 5.99. The number of halogens is 2. The van der Waals surface area contributed by atoms with Gasteiger partial charge in [0.25, 0.3) is 0 Å². The highest BCUT2D eigenvalue weighted by Gasteiger charge is 2.18. The summed E-state index contributed by atoms with van der Waals surface area (Å²) in [4.78, 5) is 0. The molecule has 16 heavy (non-hydrogen) atoms. The first-order valence-corrected chi connectivity index (χ1v) is 5.78. The molecule has 1 rings (SSSR count). The van der Waals surface area contributed by atoms with Gasteiger partial charge in [0.05, 0.1) is 6.61 Å². The van der Waals surface area contributed by atoms with Crippen molar-refractivity contribution in [2.75, 3.05) is 6.61 Å². The summed E-state index contributed by atoms with van der Waals surface area (Å²) in [5.74, 6) is -0.308. The van der Waals surface area contributed by atoms with E-state index < -0.39 is 0 Å². The topological polar surface area (TPSA) is 32.3 Å². The molecule has 90 valence electrons. The minimum atomic E-state index is -0.308. The third-order valence-corrected chi connectivity index (χ3v) is 2.85. The van der Waals surface area contributed by atoms with Gasteiger partial charge in [-0.05, 0) is 25.5 Å². The van der Waals surface area contributed by atoms with Crippen LogP contribution in [0.5, 0.6) is 0 Å². The van der Waals surface area contributed by atoms with E-state index in [9.17, 15) is 4.39 Å². The molecule has 0 fully saturated rings. The van der Waals surface area contributed by atoms with Gasteiger partial charge in [-0.25, -0.2) is 4.39 Å². The molecule has 0 saturated heterocycles. The van der Waals surface area contributed by atoms with E-state index in [1.54, 1.807) is 12.1 Å². The third kappa shape index (κ3) is 3.17. The molecule has 0 heterocycles. The standard InChI is InChI=1S/C12H17ClFNO/c1-3-11(15-8(2)7-16)12-9(13)5-4-6-10(12)14/h4-6,8,11,15-16H,3,7H2,1-2H3/t8-,11?/m0/s1. The molecule has 0 saturated carbocycles. The Kier molecular flexibility index (Phi) is 5.19. The van der Waals surface area contributed by atoms with E-state index in [0.717, 1.165) is 0 Å². The number of rotatable bonds is 5. The second-order valence-corrected chi connectivity index (χ2v) is 4.25. The van der Waals surface area contributed by atoms with E-state index >= 15 is 0 Å². The highest BCUT2D eigenvalue weighted by atomic mass is 35.5. The van der Waals surface area contributed by atoms with Crippen molar-refractivity contribution in [2.45, 2.75) is 32.4 Å². The van der Waals surface area contributed by atoms with Crippen molar-refractivity contribution < 1.29 is 9.50 Å². The van der Waals surface area contributed by atoms with E-state index in [0.29, 0.717) is 17.0 Å². The molecule has 1 aromatic rings. The summed E-state index contributed by atoms with van der Waals surface area (Å²) in [5.41, 5.74) is 0.479. The van der Waals surface area contributed by atoms with Gasteiger partial charge in [0.2, 0.25) is 0 Å². The molecule has 0 radical (unpaired) electrons. The second kappa shape index (κ2) is 6.18. The normalized spacial score (nSPS) is 14.8. The first-order chi connectivity index (χ1) is 7.60. The maximum absolute atomic E-state index is 13.7. The molecule has 2 atom stereocenters. The lowest BCUT2D eigenvalue weighted by Crippen LogP contribution is -2.33. The zero-order chi connectivity index (χ0) is 12.1. The van der Waals surface area contributed by atoms with Gasteiger partial charge < -0.3 is 10.4 Å². The molecule has 0 aliphatic heterocycles. The fourth-order valence-electron chi connectivity index (χ4n) is 1.65. The molecule has 0 aromatic heterocycles. The smallest absolute Gasteiger partial charge is 0.129 e. The summed E-state index contributed by atoms with van der Waals surface area (Å²) in [6.07, 6.45) is 0.713. The van der Waals surface area contributed by atoms with Crippen LogP contribution in [0.3, 0.4) is 0 Å². The zero-order valence-electron chi connectivity index (χ0n) is 9.50. The molecular weight excluding hydrogens is 229 g/mol. The molecule has 0 spiro atoms. The van der Waals surface area contributed by atoms with Crippen molar-refractivity contribution in [2.24, 2.45) is 0 Å². The van der Waals surface area contributed by atoms with E-state index in [1.165, 1.54) is 6.07 Å². The Morgan fingerprint density at radius 2 is 2.19 bits per heavy atom. The van der Waals surface area contributed by atoms with Crippen molar-refractivity contribution >= 4 is 11.6 Å². The first-order valence-electron chi connectivity index (χ1n) is 5.41. The lowest BCUT2D eigenvalue weighted by molar-refractivity contribution is 0.238. The average molecular weight is 246 g/mol. The van der Waals surface area contributed by atoms with Gasteiger partial charge in [-0.3, -0.25) is 0 Å². The Labute approximate surface area is 100 Å². The molecule has 0 aliphatic rings. The molecule has 1 unspecified atom stereocenters. The van der Waals surface area contributed by atoms with Crippen LogP contribution in [0.1, 0.15) is 31.9 Å². The van der Waals surface area contributed by atoms with Crippen molar-refractivity contribution in [1.29, 1.82) is 0 Å². The van der Waals surface area contributed by atoms with E-state index in [-0.39, 0.29) is 24.5 Å². The molecule has 2 nitrogen and oxygen atoms in total. The Morgan fingerprint density at radius 1 is 1.50 bits per heavy atom. The number of benzene rings is 1. The second-order valence-electron chi connectivity index (χ2n) is 3.85. The minimum absolute atomic E-state index is 0.0164. The van der Waals surface area contributed by atoms with Crippen molar-refractivity contribution in [3.05, 3.63) is 34.6 Å². The van der Waals surface area contributed by atoms with Gasteiger partial charge in [-0.1, -0.05) is 24.6 Å². The first kappa shape index (κ1) is 13.4. The summed E-state index contributed by atoms with van der Waals surface area (Å²) in [6, 6.07) is 4.41. The Morgan fingerprint density at radius 3 is 2.69 bits per heavy atom. The van der Waals surface area contributed by atoms with Crippen LogP contribution in [0.25, 0.3) is 0 Å². The molecule has 2 N–H and O–H groups in total. The molecular formula is C12H17ClFNO. The Bertz CT molecular complexity index is 326. The van der Waals surface area contributed by atoms with E-state index in [2.05, 4.69) is 5.32 Å². The molecule has 1 aromatic carbocycles. The van der Waals surface area contributed by atoms with Crippen LogP contribution in [0.4, 0.5) is 4.39 Å². The number of nitrogens with one attached hydrogen (secondary N) is 1. The Hall–Kier alpha value is -0.640. The lowest BCUT2D eigenvalue weighted by atomic mass is 10.0. The highest BCUT2D eigenvalue weighted by Crippen LogP contribution is 2.28. The van der Waals surface area contributed by atoms with Crippen LogP contribution in [0, 0.1) is 5.82 Å². The minimum Gasteiger partial charge on any atom is -0.395 e. The number of aliphatic hydroxyl groups excluding tert-OH is 1. The zero-order valence-corrected chi connectivity index (χ0v) is 10.3. The van der Waals surface area contributed by atoms with Gasteiger partial charge in [0, 0.05) is 22.7 Å². The maximum atomic E-state index is 13.7. The molecule has 0 aliphatic carbocycles. The maximum Gasteiger partial charge on any atom is 0.129 e. The van der Waals surface area contributed by atoms with Crippen LogP contribution >= 0.6 is 11.6 Å². The number of hydrogen-bond donors (Lipinski definition) is 2. The average Bonchev–Trinajstić information content (AvgIpc) is 2.27. The summed E-state index contributed by atoms with van der Waals surface area (Å²) in [7, 11) is 0. The van der Waals surface area contributed by atoms with Gasteiger partial charge >= 0.3 is 0 Å². The summed E-state index contributed by atoms with van der Waals surface area (Å²) < 4.78 is 13.7. The quantitative estimate of drug-likeness (QED) is 0.836. The predicted molar refractivity (Wildman–Crippen MR) is 64.1 cm³/mol.